The van der Waals surface area contributed by atoms with Crippen molar-refractivity contribution in [2.75, 3.05) is 0 Å². The monoisotopic (exact) mass is 448 g/mol. The topological polar surface area (TPSA) is 71.4 Å². The molecular formula is C28H48O4. The minimum Gasteiger partial charge on any atom is -0.392 e. The maximum atomic E-state index is 12.3. The highest BCUT2D eigenvalue weighted by Crippen LogP contribution is 2.14. The Labute approximate surface area is 196 Å². The third kappa shape index (κ3) is 18.1. The zero-order valence-electron chi connectivity index (χ0n) is 20.7. The van der Waals surface area contributed by atoms with Crippen LogP contribution in [0.1, 0.15) is 123 Å². The lowest BCUT2D eigenvalue weighted by Gasteiger charge is -2.16. The number of hydrogen-bond donors (Lipinski definition) is 1. The van der Waals surface area contributed by atoms with E-state index in [-0.39, 0.29) is 12.2 Å². The summed E-state index contributed by atoms with van der Waals surface area (Å²) in [4.78, 5) is 35.7. The average Bonchev–Trinajstić information content (AvgIpc) is 2.77. The molecule has 0 aliphatic rings. The van der Waals surface area contributed by atoms with Gasteiger partial charge in [-0.3, -0.25) is 9.59 Å². The van der Waals surface area contributed by atoms with Crippen molar-refractivity contribution in [2.24, 2.45) is 5.92 Å². The fourth-order valence-corrected chi connectivity index (χ4v) is 3.67. The molecule has 0 saturated carbocycles. The van der Waals surface area contributed by atoms with Crippen molar-refractivity contribution >= 4 is 17.9 Å². The molecule has 0 aliphatic heterocycles. The van der Waals surface area contributed by atoms with Crippen LogP contribution in [-0.2, 0) is 14.4 Å². The number of allylic oxidation sites excluding steroid dienone is 4. The van der Waals surface area contributed by atoms with Gasteiger partial charge >= 0.3 is 0 Å². The molecule has 0 radical (unpaired) electrons. The van der Waals surface area contributed by atoms with Gasteiger partial charge in [-0.1, -0.05) is 76.7 Å². The first-order valence-electron chi connectivity index (χ1n) is 13.0. The summed E-state index contributed by atoms with van der Waals surface area (Å²) in [6.07, 6.45) is 23.8. The van der Waals surface area contributed by atoms with Gasteiger partial charge < -0.3 is 9.90 Å². The van der Waals surface area contributed by atoms with Gasteiger partial charge in [0.2, 0.25) is 0 Å². The quantitative estimate of drug-likeness (QED) is 0.0784. The average molecular weight is 449 g/mol. The van der Waals surface area contributed by atoms with Gasteiger partial charge in [0.1, 0.15) is 12.1 Å². The molecule has 2 unspecified atom stereocenters. The van der Waals surface area contributed by atoms with E-state index >= 15 is 0 Å². The Hall–Kier alpha value is -1.55. The number of aldehydes is 1. The van der Waals surface area contributed by atoms with E-state index in [0.717, 1.165) is 38.5 Å². The second-order valence-corrected chi connectivity index (χ2v) is 8.88. The Kier molecular flexibility index (Phi) is 21.5. The molecule has 0 heterocycles. The standard InChI is InChI=1S/C28H48O4/c1-3-5-7-9-11-13-15-17-19-21-25(30)23-28(32)26(24-29)27(31)22-20-18-16-14-12-10-8-6-4-2/h13-16,24,26-27,31H,3-12,17-23H2,1-2H3. The van der Waals surface area contributed by atoms with E-state index in [1.165, 1.54) is 51.4 Å². The second-order valence-electron chi connectivity index (χ2n) is 8.88. The van der Waals surface area contributed by atoms with Crippen LogP contribution in [0.15, 0.2) is 24.3 Å². The number of ketones is 2. The number of Topliss-reactive ketones (excluding diaryl/α,β-unsaturated/α-hetero) is 2. The number of aliphatic hydroxyl groups is 1. The van der Waals surface area contributed by atoms with Crippen LogP contribution in [0.2, 0.25) is 0 Å². The Bertz CT molecular complexity index is 536. The smallest absolute Gasteiger partial charge is 0.153 e. The van der Waals surface area contributed by atoms with Crippen LogP contribution in [0.3, 0.4) is 0 Å². The van der Waals surface area contributed by atoms with Crippen LogP contribution >= 0.6 is 0 Å². The summed E-state index contributed by atoms with van der Waals surface area (Å²) in [6.45, 7) is 4.40. The molecule has 4 nitrogen and oxygen atoms in total. The SMILES string of the molecule is CCCCCCC=CCCCC(=O)CC(=O)C(C=O)C(O)CCCC=CCCCCCC. The summed E-state index contributed by atoms with van der Waals surface area (Å²) in [6, 6.07) is 0. The van der Waals surface area contributed by atoms with E-state index in [2.05, 4.69) is 38.2 Å². The van der Waals surface area contributed by atoms with E-state index in [1.807, 2.05) is 0 Å². The lowest BCUT2D eigenvalue weighted by Crippen LogP contribution is -2.31. The Morgan fingerprint density at radius 3 is 1.72 bits per heavy atom. The van der Waals surface area contributed by atoms with Crippen molar-refractivity contribution in [3.8, 4) is 0 Å². The minimum atomic E-state index is -1.08. The van der Waals surface area contributed by atoms with Crippen molar-refractivity contribution in [2.45, 2.75) is 129 Å². The first kappa shape index (κ1) is 30.4. The highest BCUT2D eigenvalue weighted by molar-refractivity contribution is 6.05. The Morgan fingerprint density at radius 1 is 0.719 bits per heavy atom. The summed E-state index contributed by atoms with van der Waals surface area (Å²) >= 11 is 0. The molecule has 0 rings (SSSR count). The first-order chi connectivity index (χ1) is 15.6. The maximum absolute atomic E-state index is 12.3. The van der Waals surface area contributed by atoms with Gasteiger partial charge in [-0.05, 0) is 57.8 Å². The van der Waals surface area contributed by atoms with E-state index in [1.54, 1.807) is 0 Å². The highest BCUT2D eigenvalue weighted by atomic mass is 16.3. The Balaban J connectivity index is 3.99. The van der Waals surface area contributed by atoms with E-state index < -0.39 is 17.8 Å². The fourth-order valence-electron chi connectivity index (χ4n) is 3.67. The number of rotatable bonds is 23. The molecule has 1 N–H and O–H groups in total. The number of carbonyl (C=O) groups excluding carboxylic acids is 3. The van der Waals surface area contributed by atoms with Gasteiger partial charge in [-0.15, -0.1) is 0 Å². The van der Waals surface area contributed by atoms with Gasteiger partial charge in [0.15, 0.2) is 5.78 Å². The molecule has 4 heteroatoms. The fraction of sp³-hybridized carbons (Fsp3) is 0.750. The van der Waals surface area contributed by atoms with Crippen LogP contribution in [0, 0.1) is 5.92 Å². The highest BCUT2D eigenvalue weighted by Gasteiger charge is 2.27. The van der Waals surface area contributed by atoms with E-state index in [0.29, 0.717) is 19.1 Å². The van der Waals surface area contributed by atoms with Crippen LogP contribution in [0.4, 0.5) is 0 Å². The maximum Gasteiger partial charge on any atom is 0.153 e. The van der Waals surface area contributed by atoms with Crippen LogP contribution in [0.5, 0.6) is 0 Å². The molecular weight excluding hydrogens is 400 g/mol. The molecule has 0 amide bonds. The van der Waals surface area contributed by atoms with Gasteiger partial charge in [-0.2, -0.15) is 0 Å². The molecule has 0 aromatic rings. The van der Waals surface area contributed by atoms with Gasteiger partial charge in [0.05, 0.1) is 18.4 Å². The van der Waals surface area contributed by atoms with Crippen molar-refractivity contribution in [3.63, 3.8) is 0 Å². The molecule has 2 atom stereocenters. The number of hydrogen-bond acceptors (Lipinski definition) is 4. The molecule has 0 saturated heterocycles. The van der Waals surface area contributed by atoms with Crippen molar-refractivity contribution in [3.05, 3.63) is 24.3 Å². The molecule has 32 heavy (non-hydrogen) atoms. The van der Waals surface area contributed by atoms with E-state index in [9.17, 15) is 19.5 Å². The van der Waals surface area contributed by atoms with Crippen molar-refractivity contribution < 1.29 is 19.5 Å². The van der Waals surface area contributed by atoms with Crippen LogP contribution < -0.4 is 0 Å². The Morgan fingerprint density at radius 2 is 1.22 bits per heavy atom. The normalized spacial score (nSPS) is 13.6. The molecule has 0 fully saturated rings. The van der Waals surface area contributed by atoms with Crippen LogP contribution in [-0.4, -0.2) is 29.1 Å². The summed E-state index contributed by atoms with van der Waals surface area (Å²) in [7, 11) is 0. The minimum absolute atomic E-state index is 0.142. The molecule has 0 bridgehead atoms. The van der Waals surface area contributed by atoms with E-state index in [4.69, 9.17) is 0 Å². The van der Waals surface area contributed by atoms with Crippen molar-refractivity contribution in [1.82, 2.24) is 0 Å². The number of carbonyl (C=O) groups is 3. The lowest BCUT2D eigenvalue weighted by molar-refractivity contribution is -0.134. The first-order valence-corrected chi connectivity index (χ1v) is 13.0. The van der Waals surface area contributed by atoms with Gasteiger partial charge in [0.25, 0.3) is 0 Å². The third-order valence-corrected chi connectivity index (χ3v) is 5.78. The zero-order chi connectivity index (χ0) is 23.9. The summed E-state index contributed by atoms with van der Waals surface area (Å²) in [5, 5.41) is 10.2. The largest absolute Gasteiger partial charge is 0.392 e. The molecule has 0 aromatic carbocycles. The molecule has 0 aromatic heterocycles. The van der Waals surface area contributed by atoms with Gasteiger partial charge in [-0.25, -0.2) is 0 Å². The summed E-state index contributed by atoms with van der Waals surface area (Å²) < 4.78 is 0. The lowest BCUT2D eigenvalue weighted by atomic mass is 9.91. The summed E-state index contributed by atoms with van der Waals surface area (Å²) in [5.41, 5.74) is 0. The van der Waals surface area contributed by atoms with Crippen molar-refractivity contribution in [1.29, 1.82) is 0 Å². The van der Waals surface area contributed by atoms with Crippen LogP contribution in [0.25, 0.3) is 0 Å². The second kappa shape index (κ2) is 22.6. The molecule has 0 spiro atoms. The zero-order valence-corrected chi connectivity index (χ0v) is 20.7. The number of unbranched alkanes of at least 4 members (excludes halogenated alkanes) is 10. The molecule has 0 aliphatic carbocycles. The van der Waals surface area contributed by atoms with Gasteiger partial charge in [0, 0.05) is 6.42 Å². The predicted octanol–water partition coefficient (Wildman–Crippen LogP) is 7.08. The number of aliphatic hydroxyl groups excluding tert-OH is 1. The summed E-state index contributed by atoms with van der Waals surface area (Å²) in [5.74, 6) is -1.67. The molecule has 184 valence electrons. The third-order valence-electron chi connectivity index (χ3n) is 5.78. The predicted molar refractivity (Wildman–Crippen MR) is 134 cm³/mol.